The van der Waals surface area contributed by atoms with Crippen LogP contribution in [0.1, 0.15) is 40.6 Å². The van der Waals surface area contributed by atoms with Gasteiger partial charge in [0.2, 0.25) is 0 Å². The Kier molecular flexibility index (Phi) is 5.16. The fraction of sp³-hybridized carbons (Fsp3) is 0.412. The quantitative estimate of drug-likeness (QED) is 0.790. The Bertz CT molecular complexity index is 744. The van der Waals surface area contributed by atoms with Gasteiger partial charge in [-0.2, -0.15) is 8.78 Å². The van der Waals surface area contributed by atoms with Crippen molar-refractivity contribution in [3.05, 3.63) is 41.3 Å². The van der Waals surface area contributed by atoms with E-state index in [-0.39, 0.29) is 23.1 Å². The van der Waals surface area contributed by atoms with Gasteiger partial charge in [0.15, 0.2) is 17.2 Å². The van der Waals surface area contributed by atoms with Crippen molar-refractivity contribution in [2.45, 2.75) is 31.8 Å². The van der Waals surface area contributed by atoms with Crippen LogP contribution in [0.3, 0.4) is 0 Å². The number of ether oxygens (including phenoxy) is 2. The zero-order valence-corrected chi connectivity index (χ0v) is 13.6. The molecule has 1 aromatic carbocycles. The highest BCUT2D eigenvalue weighted by molar-refractivity contribution is 5.92. The third-order valence-corrected chi connectivity index (χ3v) is 3.88. The molecule has 1 N–H and O–H groups in total. The van der Waals surface area contributed by atoms with E-state index in [0.717, 1.165) is 24.2 Å². The van der Waals surface area contributed by atoms with Crippen LogP contribution >= 0.6 is 0 Å². The first kappa shape index (κ1) is 17.2. The molecule has 2 aromatic rings. The van der Waals surface area contributed by atoms with Crippen molar-refractivity contribution in [1.82, 2.24) is 10.5 Å². The highest BCUT2D eigenvalue weighted by atomic mass is 19.3. The van der Waals surface area contributed by atoms with Gasteiger partial charge in [0.25, 0.3) is 5.91 Å². The molecule has 0 radical (unpaired) electrons. The Balaban J connectivity index is 1.54. The van der Waals surface area contributed by atoms with E-state index >= 15 is 0 Å². The van der Waals surface area contributed by atoms with Gasteiger partial charge in [0.1, 0.15) is 5.76 Å². The Morgan fingerprint density at radius 2 is 2.16 bits per heavy atom. The molecule has 134 valence electrons. The summed E-state index contributed by atoms with van der Waals surface area (Å²) in [5.74, 6) is 0.999. The SMILES string of the molecule is COc1ccc(CCNC(=O)c2cc(C3CC3)on2)cc1OC(F)F. The van der Waals surface area contributed by atoms with Gasteiger partial charge in [-0.1, -0.05) is 11.2 Å². The van der Waals surface area contributed by atoms with Crippen molar-refractivity contribution in [3.63, 3.8) is 0 Å². The van der Waals surface area contributed by atoms with Gasteiger partial charge < -0.3 is 19.3 Å². The van der Waals surface area contributed by atoms with Crippen LogP contribution in [0.4, 0.5) is 8.78 Å². The van der Waals surface area contributed by atoms with E-state index in [1.54, 1.807) is 18.2 Å². The van der Waals surface area contributed by atoms with Crippen LogP contribution in [-0.4, -0.2) is 31.3 Å². The summed E-state index contributed by atoms with van der Waals surface area (Å²) in [4.78, 5) is 12.0. The van der Waals surface area contributed by atoms with Crippen LogP contribution < -0.4 is 14.8 Å². The normalized spacial score (nSPS) is 13.8. The molecule has 1 amide bonds. The molecule has 0 spiro atoms. The fourth-order valence-corrected chi connectivity index (χ4v) is 2.43. The maximum Gasteiger partial charge on any atom is 0.387 e. The Morgan fingerprint density at radius 1 is 1.36 bits per heavy atom. The van der Waals surface area contributed by atoms with Crippen LogP contribution in [0.15, 0.2) is 28.8 Å². The molecule has 3 rings (SSSR count). The number of hydrogen-bond donors (Lipinski definition) is 1. The third kappa shape index (κ3) is 4.46. The molecule has 0 unspecified atom stereocenters. The minimum atomic E-state index is -2.93. The molecule has 0 aliphatic heterocycles. The summed E-state index contributed by atoms with van der Waals surface area (Å²) in [7, 11) is 1.38. The van der Waals surface area contributed by atoms with Crippen LogP contribution in [0.5, 0.6) is 11.5 Å². The number of hydrogen-bond acceptors (Lipinski definition) is 5. The predicted molar refractivity (Wildman–Crippen MR) is 84.1 cm³/mol. The van der Waals surface area contributed by atoms with Crippen molar-refractivity contribution in [3.8, 4) is 11.5 Å². The smallest absolute Gasteiger partial charge is 0.387 e. The molecular formula is C17H18F2N2O4. The van der Waals surface area contributed by atoms with E-state index in [1.165, 1.54) is 13.2 Å². The predicted octanol–water partition coefficient (Wildman–Crippen LogP) is 3.13. The summed E-state index contributed by atoms with van der Waals surface area (Å²) < 4.78 is 39.4. The topological polar surface area (TPSA) is 73.6 Å². The summed E-state index contributed by atoms with van der Waals surface area (Å²) in [5, 5.41) is 6.49. The standard InChI is InChI=1S/C17H18F2N2O4/c1-23-13-5-2-10(8-15(13)24-17(18)19)6-7-20-16(22)12-9-14(25-21-12)11-3-4-11/h2,5,8-9,11,17H,3-4,6-7H2,1H3,(H,20,22). The lowest BCUT2D eigenvalue weighted by Gasteiger charge is -2.11. The number of rotatable bonds is 8. The molecule has 6 nitrogen and oxygen atoms in total. The highest BCUT2D eigenvalue weighted by Crippen LogP contribution is 2.40. The lowest BCUT2D eigenvalue weighted by Crippen LogP contribution is -2.25. The minimum Gasteiger partial charge on any atom is -0.493 e. The van der Waals surface area contributed by atoms with Crippen LogP contribution in [0, 0.1) is 0 Å². The van der Waals surface area contributed by atoms with Crippen LogP contribution in [0.25, 0.3) is 0 Å². The van der Waals surface area contributed by atoms with Gasteiger partial charge in [-0.15, -0.1) is 0 Å². The van der Waals surface area contributed by atoms with Gasteiger partial charge in [0, 0.05) is 18.5 Å². The van der Waals surface area contributed by atoms with E-state index in [2.05, 4.69) is 15.2 Å². The van der Waals surface area contributed by atoms with Crippen molar-refractivity contribution >= 4 is 5.91 Å². The van der Waals surface area contributed by atoms with E-state index in [0.29, 0.717) is 18.9 Å². The van der Waals surface area contributed by atoms with E-state index in [4.69, 9.17) is 9.26 Å². The summed E-state index contributed by atoms with van der Waals surface area (Å²) in [6.07, 6.45) is 2.58. The molecule has 1 aliphatic rings. The molecule has 0 bridgehead atoms. The number of halogens is 2. The fourth-order valence-electron chi connectivity index (χ4n) is 2.43. The van der Waals surface area contributed by atoms with Crippen molar-refractivity contribution in [1.29, 1.82) is 0 Å². The van der Waals surface area contributed by atoms with E-state index in [9.17, 15) is 13.6 Å². The molecule has 8 heteroatoms. The molecule has 1 fully saturated rings. The summed E-state index contributed by atoms with van der Waals surface area (Å²) in [5.41, 5.74) is 0.980. The van der Waals surface area contributed by atoms with Gasteiger partial charge in [0.05, 0.1) is 7.11 Å². The monoisotopic (exact) mass is 352 g/mol. The van der Waals surface area contributed by atoms with Crippen molar-refractivity contribution in [2.24, 2.45) is 0 Å². The number of methoxy groups -OCH3 is 1. The van der Waals surface area contributed by atoms with Crippen molar-refractivity contribution in [2.75, 3.05) is 13.7 Å². The molecule has 1 heterocycles. The minimum absolute atomic E-state index is 0.0353. The Hall–Kier alpha value is -2.64. The number of aromatic nitrogens is 1. The largest absolute Gasteiger partial charge is 0.493 e. The average Bonchev–Trinajstić information content (AvgIpc) is 3.31. The summed E-state index contributed by atoms with van der Waals surface area (Å²) in [6.45, 7) is -2.61. The number of nitrogens with one attached hydrogen (secondary N) is 1. The number of carbonyl (C=O) groups excluding carboxylic acids is 1. The molecule has 1 aromatic heterocycles. The first-order valence-electron chi connectivity index (χ1n) is 7.93. The molecular weight excluding hydrogens is 334 g/mol. The number of benzene rings is 1. The molecule has 25 heavy (non-hydrogen) atoms. The Morgan fingerprint density at radius 3 is 2.84 bits per heavy atom. The van der Waals surface area contributed by atoms with Gasteiger partial charge in [-0.3, -0.25) is 4.79 Å². The van der Waals surface area contributed by atoms with Crippen LogP contribution in [-0.2, 0) is 6.42 Å². The first-order valence-corrected chi connectivity index (χ1v) is 7.93. The summed E-state index contributed by atoms with van der Waals surface area (Å²) >= 11 is 0. The van der Waals surface area contributed by atoms with Crippen LogP contribution in [0.2, 0.25) is 0 Å². The summed E-state index contributed by atoms with van der Waals surface area (Å²) in [6, 6.07) is 6.41. The van der Waals surface area contributed by atoms with Gasteiger partial charge in [-0.25, -0.2) is 0 Å². The number of alkyl halides is 2. The second kappa shape index (κ2) is 7.50. The second-order valence-corrected chi connectivity index (χ2v) is 5.76. The number of amides is 1. The number of nitrogens with zero attached hydrogens (tertiary/aromatic N) is 1. The molecule has 1 saturated carbocycles. The second-order valence-electron chi connectivity index (χ2n) is 5.76. The number of carbonyl (C=O) groups is 1. The lowest BCUT2D eigenvalue weighted by molar-refractivity contribution is -0.0512. The zero-order valence-electron chi connectivity index (χ0n) is 13.6. The Labute approximate surface area is 143 Å². The average molecular weight is 352 g/mol. The lowest BCUT2D eigenvalue weighted by atomic mass is 10.1. The van der Waals surface area contributed by atoms with Gasteiger partial charge in [-0.05, 0) is 37.0 Å². The molecule has 1 aliphatic carbocycles. The maximum atomic E-state index is 12.4. The van der Waals surface area contributed by atoms with E-state index < -0.39 is 6.61 Å². The zero-order chi connectivity index (χ0) is 17.8. The maximum absolute atomic E-state index is 12.4. The van der Waals surface area contributed by atoms with E-state index in [1.807, 2.05) is 0 Å². The van der Waals surface area contributed by atoms with Gasteiger partial charge >= 0.3 is 6.61 Å². The highest BCUT2D eigenvalue weighted by Gasteiger charge is 2.28. The van der Waals surface area contributed by atoms with Crippen molar-refractivity contribution < 1.29 is 27.6 Å². The molecule has 0 saturated heterocycles. The third-order valence-electron chi connectivity index (χ3n) is 3.88. The first-order chi connectivity index (χ1) is 12.1. The molecule has 0 atom stereocenters.